The topological polar surface area (TPSA) is 33.9 Å². The van der Waals surface area contributed by atoms with E-state index in [-0.39, 0.29) is 0 Å². The second-order valence-electron chi connectivity index (χ2n) is 2.19. The molecule has 0 fully saturated rings. The molecular weight excluding hydrogens is 140 g/mol. The monoisotopic (exact) mass is 148 g/mol. The number of nitrogens with zero attached hydrogens (tertiary/aromatic N) is 1. The third-order valence-electron chi connectivity index (χ3n) is 1.45. The van der Waals surface area contributed by atoms with Crippen molar-refractivity contribution in [1.82, 2.24) is 9.72 Å². The molecule has 2 aliphatic heterocycles. The Labute approximate surface area is 63.9 Å². The molecule has 56 valence electrons. The van der Waals surface area contributed by atoms with E-state index in [0.29, 0.717) is 0 Å². The Morgan fingerprint density at radius 1 is 1.18 bits per heavy atom. The van der Waals surface area contributed by atoms with Crippen molar-refractivity contribution in [2.24, 2.45) is 0 Å². The summed E-state index contributed by atoms with van der Waals surface area (Å²) in [7, 11) is 0. The van der Waals surface area contributed by atoms with Crippen molar-refractivity contribution in [3.05, 3.63) is 42.9 Å². The Kier molecular flexibility index (Phi) is 1.41. The second-order valence-corrected chi connectivity index (χ2v) is 2.19. The van der Waals surface area contributed by atoms with Crippen LogP contribution in [0.15, 0.2) is 47.4 Å². The summed E-state index contributed by atoms with van der Waals surface area (Å²) in [6.07, 6.45) is 5.38. The highest BCUT2D eigenvalue weighted by molar-refractivity contribution is 5.19. The molecule has 0 atom stereocenters. The first kappa shape index (κ1) is 6.09. The van der Waals surface area contributed by atoms with Crippen LogP contribution in [0.3, 0.4) is 0 Å². The van der Waals surface area contributed by atoms with Gasteiger partial charge < -0.3 is 9.09 Å². The van der Waals surface area contributed by atoms with Crippen molar-refractivity contribution in [1.29, 1.82) is 0 Å². The van der Waals surface area contributed by atoms with Gasteiger partial charge in [0.15, 0.2) is 0 Å². The van der Waals surface area contributed by atoms with E-state index in [1.807, 2.05) is 41.2 Å². The fraction of sp³-hybridized carbons (Fsp3) is 0. The molecule has 0 saturated heterocycles. The van der Waals surface area contributed by atoms with Gasteiger partial charge in [-0.2, -0.15) is 0 Å². The molecule has 3 heteroatoms. The van der Waals surface area contributed by atoms with Gasteiger partial charge in [-0.25, -0.2) is 5.16 Å². The first-order valence-corrected chi connectivity index (χ1v) is 3.39. The molecule has 1 N–H and O–H groups in total. The van der Waals surface area contributed by atoms with Crippen LogP contribution in [0.25, 0.3) is 5.82 Å². The third kappa shape index (κ3) is 1.12. The lowest BCUT2D eigenvalue weighted by atomic mass is 10.5. The number of hydrogen-bond acceptors (Lipinski definition) is 1. The zero-order valence-corrected chi connectivity index (χ0v) is 5.90. The predicted molar refractivity (Wildman–Crippen MR) is 41.2 cm³/mol. The molecule has 0 aliphatic carbocycles. The van der Waals surface area contributed by atoms with Gasteiger partial charge in [-0.1, -0.05) is 12.1 Å². The van der Waals surface area contributed by atoms with E-state index in [9.17, 15) is 0 Å². The molecule has 0 spiro atoms. The minimum Gasteiger partial charge on any atom is -0.387 e. The molecule has 0 saturated carbocycles. The van der Waals surface area contributed by atoms with Crippen LogP contribution < -0.4 is 0 Å². The molecule has 0 aromatic heterocycles. The van der Waals surface area contributed by atoms with Crippen LogP contribution in [-0.2, 0) is 0 Å². The van der Waals surface area contributed by atoms with Crippen LogP contribution in [0.5, 0.6) is 0 Å². The fourth-order valence-electron chi connectivity index (χ4n) is 0.927. The van der Waals surface area contributed by atoms with Gasteiger partial charge in [0.1, 0.15) is 12.1 Å². The van der Waals surface area contributed by atoms with Crippen LogP contribution in [0, 0.1) is 0 Å². The van der Waals surface area contributed by atoms with Crippen LogP contribution in [0.2, 0.25) is 0 Å². The average Bonchev–Trinajstić information content (AvgIpc) is 2.28. The maximum atomic E-state index is 4.89. The van der Waals surface area contributed by atoms with Crippen molar-refractivity contribution in [3.8, 4) is 5.82 Å². The molecule has 3 nitrogen and oxygen atoms in total. The number of nitrogens with one attached hydrogen (secondary N) is 1. The third-order valence-corrected chi connectivity index (χ3v) is 1.45. The summed E-state index contributed by atoms with van der Waals surface area (Å²) in [4.78, 5) is 0. The predicted octanol–water partition coefficient (Wildman–Crippen LogP) is 1.96. The maximum Gasteiger partial charge on any atom is 0.144 e. The molecule has 0 unspecified atom stereocenters. The minimum absolute atomic E-state index is 0.914. The highest BCUT2D eigenvalue weighted by Crippen LogP contribution is 2.01. The van der Waals surface area contributed by atoms with Gasteiger partial charge in [-0.15, -0.1) is 0 Å². The summed E-state index contributed by atoms with van der Waals surface area (Å²) >= 11 is 0. The van der Waals surface area contributed by atoms with Crippen LogP contribution >= 0.6 is 0 Å². The van der Waals surface area contributed by atoms with Gasteiger partial charge in [-0.3, -0.25) is 0 Å². The number of H-pyrrole nitrogens is 1. The van der Waals surface area contributed by atoms with Crippen molar-refractivity contribution < 1.29 is 4.52 Å². The van der Waals surface area contributed by atoms with Gasteiger partial charge in [0.25, 0.3) is 0 Å². The summed E-state index contributed by atoms with van der Waals surface area (Å²) < 4.78 is 6.82. The van der Waals surface area contributed by atoms with Gasteiger partial charge >= 0.3 is 0 Å². The lowest BCUT2D eigenvalue weighted by Gasteiger charge is -2.01. The Bertz CT molecular complexity index is 311. The number of hydrogen-bond donors (Lipinski definition) is 1. The summed E-state index contributed by atoms with van der Waals surface area (Å²) in [5.41, 5.74) is 0. The quantitative estimate of drug-likeness (QED) is 0.608. The first-order valence-electron chi connectivity index (χ1n) is 3.39. The highest BCUT2D eigenvalue weighted by atomic mass is 16.5. The lowest BCUT2D eigenvalue weighted by molar-refractivity contribution is 0.386. The first-order chi connectivity index (χ1) is 5.47. The van der Waals surface area contributed by atoms with E-state index < -0.39 is 0 Å². The Balaban J connectivity index is 2.75. The number of fused-ring (bicyclic) bond motifs is 1. The fourth-order valence-corrected chi connectivity index (χ4v) is 0.927. The average molecular weight is 148 g/mol. The van der Waals surface area contributed by atoms with Gasteiger partial charge in [0, 0.05) is 12.4 Å². The van der Waals surface area contributed by atoms with Gasteiger partial charge in [0.05, 0.1) is 0 Å². The molecule has 11 heavy (non-hydrogen) atoms. The summed E-state index contributed by atoms with van der Waals surface area (Å²) in [5, 5.41) is 2.76. The Morgan fingerprint density at radius 2 is 2.18 bits per heavy atom. The van der Waals surface area contributed by atoms with Crippen molar-refractivity contribution >= 4 is 0 Å². The van der Waals surface area contributed by atoms with E-state index in [4.69, 9.17) is 4.52 Å². The molecule has 0 aromatic carbocycles. The number of aromatic amines is 1. The standard InChI is InChI=1S/C8H8N2O/c1-2-4-8-9-11-7-6-10(8)5-3-1/h1-7,9H. The second kappa shape index (κ2) is 2.54. The molecule has 0 amide bonds. The molecule has 0 bridgehead atoms. The highest BCUT2D eigenvalue weighted by Gasteiger charge is 1.90. The normalized spacial score (nSPS) is 9.82. The Morgan fingerprint density at radius 3 is 3.18 bits per heavy atom. The molecule has 0 radical (unpaired) electrons. The number of rotatable bonds is 0. The zero-order chi connectivity index (χ0) is 7.52. The van der Waals surface area contributed by atoms with Crippen molar-refractivity contribution in [3.63, 3.8) is 0 Å². The summed E-state index contributed by atoms with van der Waals surface area (Å²) in [6, 6.07) is 7.80. The van der Waals surface area contributed by atoms with Crippen molar-refractivity contribution in [2.75, 3.05) is 0 Å². The maximum absolute atomic E-state index is 4.89. The Hall–Kier alpha value is -1.64. The molecule has 0 aromatic rings. The SMILES string of the molecule is c1ccc2[nH]occn-2cc1. The van der Waals surface area contributed by atoms with Crippen LogP contribution in [0.1, 0.15) is 0 Å². The van der Waals surface area contributed by atoms with Crippen LogP contribution in [-0.4, -0.2) is 9.72 Å². The van der Waals surface area contributed by atoms with E-state index in [2.05, 4.69) is 5.16 Å². The van der Waals surface area contributed by atoms with E-state index in [1.165, 1.54) is 0 Å². The molecule has 2 aliphatic rings. The van der Waals surface area contributed by atoms with Gasteiger partial charge in [-0.05, 0) is 12.1 Å². The van der Waals surface area contributed by atoms with Gasteiger partial charge in [0.2, 0.25) is 0 Å². The van der Waals surface area contributed by atoms with E-state index >= 15 is 0 Å². The van der Waals surface area contributed by atoms with Crippen molar-refractivity contribution in [2.45, 2.75) is 0 Å². The van der Waals surface area contributed by atoms with E-state index in [0.717, 1.165) is 5.82 Å². The molecular formula is C8H8N2O. The summed E-state index contributed by atoms with van der Waals surface area (Å²) in [6.45, 7) is 0. The molecule has 2 heterocycles. The van der Waals surface area contributed by atoms with E-state index in [1.54, 1.807) is 6.26 Å². The lowest BCUT2D eigenvalue weighted by Crippen LogP contribution is -1.94. The summed E-state index contributed by atoms with van der Waals surface area (Å²) in [5.74, 6) is 0.914. The number of aromatic nitrogens is 2. The zero-order valence-electron chi connectivity index (χ0n) is 5.90. The largest absolute Gasteiger partial charge is 0.387 e. The van der Waals surface area contributed by atoms with Crippen LogP contribution in [0.4, 0.5) is 0 Å². The molecule has 2 rings (SSSR count). The smallest absolute Gasteiger partial charge is 0.144 e. The minimum atomic E-state index is 0.914.